The van der Waals surface area contributed by atoms with Crippen LogP contribution in [0.1, 0.15) is 43.1 Å². The molecule has 0 aromatic carbocycles. The van der Waals surface area contributed by atoms with Crippen LogP contribution < -0.4 is 11.1 Å². The van der Waals surface area contributed by atoms with Crippen molar-refractivity contribution in [3.05, 3.63) is 11.9 Å². The first-order chi connectivity index (χ1) is 8.06. The molecule has 0 spiro atoms. The molecule has 0 bridgehead atoms. The van der Waals surface area contributed by atoms with E-state index in [1.54, 1.807) is 17.9 Å². The van der Waals surface area contributed by atoms with E-state index in [2.05, 4.69) is 17.3 Å². The van der Waals surface area contributed by atoms with E-state index in [0.717, 1.165) is 6.54 Å². The summed E-state index contributed by atoms with van der Waals surface area (Å²) in [7, 11) is 1.76. The first-order valence-electron chi connectivity index (χ1n) is 6.14. The summed E-state index contributed by atoms with van der Waals surface area (Å²) >= 11 is 0. The van der Waals surface area contributed by atoms with Crippen molar-refractivity contribution >= 4 is 11.6 Å². The van der Waals surface area contributed by atoms with Crippen molar-refractivity contribution in [3.63, 3.8) is 0 Å². The number of hydrogen-bond donors (Lipinski definition) is 2. The minimum absolute atomic E-state index is 0.162. The van der Waals surface area contributed by atoms with Crippen LogP contribution in [0.3, 0.4) is 0 Å². The number of aromatic nitrogens is 2. The lowest BCUT2D eigenvalue weighted by molar-refractivity contribution is 0.0939. The van der Waals surface area contributed by atoms with E-state index in [0.29, 0.717) is 16.8 Å². The number of rotatable bonds is 5. The van der Waals surface area contributed by atoms with E-state index in [1.807, 2.05) is 0 Å². The van der Waals surface area contributed by atoms with E-state index in [4.69, 9.17) is 5.73 Å². The number of nitrogens with two attached hydrogens (primary N) is 1. The molecule has 1 aromatic heterocycles. The number of carbonyl (C=O) groups is 1. The molecule has 17 heavy (non-hydrogen) atoms. The van der Waals surface area contributed by atoms with Crippen molar-refractivity contribution in [1.82, 2.24) is 15.1 Å². The summed E-state index contributed by atoms with van der Waals surface area (Å²) in [6.45, 7) is 2.92. The van der Waals surface area contributed by atoms with Crippen LogP contribution in [-0.2, 0) is 7.05 Å². The predicted octanol–water partition coefficient (Wildman–Crippen LogP) is 1.31. The zero-order valence-corrected chi connectivity index (χ0v) is 10.5. The Bertz CT molecular complexity index is 420. The number of nitrogens with one attached hydrogen (secondary N) is 1. The summed E-state index contributed by atoms with van der Waals surface area (Å²) in [5.41, 5.74) is 6.84. The molecule has 1 amide bonds. The number of aryl methyl sites for hydroxylation is 1. The maximum Gasteiger partial charge on any atom is 0.273 e. The molecule has 94 valence electrons. The van der Waals surface area contributed by atoms with Gasteiger partial charge in [-0.05, 0) is 24.7 Å². The molecule has 5 heteroatoms. The summed E-state index contributed by atoms with van der Waals surface area (Å²) < 4.78 is 1.56. The highest BCUT2D eigenvalue weighted by Gasteiger charge is 2.41. The van der Waals surface area contributed by atoms with E-state index < -0.39 is 0 Å². The first-order valence-corrected chi connectivity index (χ1v) is 6.14. The average molecular weight is 236 g/mol. The molecule has 0 atom stereocenters. The summed E-state index contributed by atoms with van der Waals surface area (Å²) in [4.78, 5) is 11.9. The van der Waals surface area contributed by atoms with Crippen LogP contribution in [0.2, 0.25) is 0 Å². The zero-order chi connectivity index (χ0) is 12.5. The lowest BCUT2D eigenvalue weighted by atomic mass is 10.0. The number of nitrogen functional groups attached to an aromatic ring is 1. The van der Waals surface area contributed by atoms with Crippen LogP contribution >= 0.6 is 0 Å². The van der Waals surface area contributed by atoms with Crippen molar-refractivity contribution in [2.24, 2.45) is 12.5 Å². The van der Waals surface area contributed by atoms with Gasteiger partial charge in [0.2, 0.25) is 0 Å². The van der Waals surface area contributed by atoms with Gasteiger partial charge in [-0.15, -0.1) is 0 Å². The average Bonchev–Trinajstić information content (AvgIpc) is 2.95. The van der Waals surface area contributed by atoms with Crippen molar-refractivity contribution < 1.29 is 4.79 Å². The van der Waals surface area contributed by atoms with Crippen LogP contribution in [0.5, 0.6) is 0 Å². The maximum absolute atomic E-state index is 11.9. The molecular formula is C12H20N4O. The first kappa shape index (κ1) is 12.0. The van der Waals surface area contributed by atoms with Crippen molar-refractivity contribution in [3.8, 4) is 0 Å². The van der Waals surface area contributed by atoms with Crippen molar-refractivity contribution in [1.29, 1.82) is 0 Å². The number of carbonyl (C=O) groups excluding carboxylic acids is 1. The zero-order valence-electron chi connectivity index (χ0n) is 10.5. The van der Waals surface area contributed by atoms with Crippen LogP contribution in [0, 0.1) is 5.41 Å². The SMILES string of the molecule is CCCC1(CNC(=O)c2nn(C)cc2N)CC1. The minimum atomic E-state index is -0.162. The third-order valence-electron chi connectivity index (χ3n) is 3.43. The monoisotopic (exact) mass is 236 g/mol. The second-order valence-corrected chi connectivity index (χ2v) is 5.04. The molecular weight excluding hydrogens is 216 g/mol. The molecule has 1 saturated carbocycles. The molecule has 1 fully saturated rings. The van der Waals surface area contributed by atoms with E-state index in [-0.39, 0.29) is 5.91 Å². The molecule has 1 aliphatic rings. The molecule has 1 aromatic rings. The third-order valence-corrected chi connectivity index (χ3v) is 3.43. The van der Waals surface area contributed by atoms with E-state index >= 15 is 0 Å². The van der Waals surface area contributed by atoms with Gasteiger partial charge >= 0.3 is 0 Å². The quantitative estimate of drug-likeness (QED) is 0.809. The van der Waals surface area contributed by atoms with E-state index in [1.165, 1.54) is 25.7 Å². The third kappa shape index (κ3) is 2.60. The normalized spacial score (nSPS) is 16.8. The van der Waals surface area contributed by atoms with Crippen LogP contribution in [0.15, 0.2) is 6.20 Å². The van der Waals surface area contributed by atoms with Crippen molar-refractivity contribution in [2.75, 3.05) is 12.3 Å². The van der Waals surface area contributed by atoms with E-state index in [9.17, 15) is 4.79 Å². The Kier molecular flexibility index (Phi) is 3.09. The fourth-order valence-corrected chi connectivity index (χ4v) is 2.26. The maximum atomic E-state index is 11.9. The molecule has 3 N–H and O–H groups in total. The number of nitrogens with zero attached hydrogens (tertiary/aromatic N) is 2. The fraction of sp³-hybridized carbons (Fsp3) is 0.667. The van der Waals surface area contributed by atoms with Gasteiger partial charge in [0.1, 0.15) is 0 Å². The molecule has 5 nitrogen and oxygen atoms in total. The summed E-state index contributed by atoms with van der Waals surface area (Å²) in [5, 5.41) is 7.00. The summed E-state index contributed by atoms with van der Waals surface area (Å²) in [6.07, 6.45) is 6.44. The summed E-state index contributed by atoms with van der Waals surface area (Å²) in [6, 6.07) is 0. The van der Waals surface area contributed by atoms with Gasteiger partial charge in [0.25, 0.3) is 5.91 Å². The largest absolute Gasteiger partial charge is 0.396 e. The smallest absolute Gasteiger partial charge is 0.273 e. The molecule has 0 aliphatic heterocycles. The van der Waals surface area contributed by atoms with Crippen molar-refractivity contribution in [2.45, 2.75) is 32.6 Å². The Morgan fingerprint density at radius 3 is 2.82 bits per heavy atom. The fourth-order valence-electron chi connectivity index (χ4n) is 2.26. The second-order valence-electron chi connectivity index (χ2n) is 5.04. The predicted molar refractivity (Wildman–Crippen MR) is 66.5 cm³/mol. The molecule has 0 radical (unpaired) electrons. The highest BCUT2D eigenvalue weighted by Crippen LogP contribution is 2.48. The Labute approximate surface area is 101 Å². The van der Waals surface area contributed by atoms with Crippen LogP contribution in [0.4, 0.5) is 5.69 Å². The van der Waals surface area contributed by atoms with Crippen LogP contribution in [0.25, 0.3) is 0 Å². The molecule has 0 saturated heterocycles. The Morgan fingerprint density at radius 1 is 1.65 bits per heavy atom. The van der Waals surface area contributed by atoms with Gasteiger partial charge < -0.3 is 11.1 Å². The highest BCUT2D eigenvalue weighted by atomic mass is 16.2. The van der Waals surface area contributed by atoms with Gasteiger partial charge in [0.15, 0.2) is 5.69 Å². The van der Waals surface area contributed by atoms with Gasteiger partial charge in [0.05, 0.1) is 5.69 Å². The lowest BCUT2D eigenvalue weighted by Gasteiger charge is -2.14. The van der Waals surface area contributed by atoms with Gasteiger partial charge in [-0.2, -0.15) is 5.10 Å². The number of anilines is 1. The highest BCUT2D eigenvalue weighted by molar-refractivity contribution is 5.97. The Hall–Kier alpha value is -1.52. The molecule has 1 heterocycles. The second kappa shape index (κ2) is 4.39. The summed E-state index contributed by atoms with van der Waals surface area (Å²) in [5.74, 6) is -0.162. The van der Waals surface area contributed by atoms with Gasteiger partial charge in [-0.25, -0.2) is 0 Å². The minimum Gasteiger partial charge on any atom is -0.396 e. The molecule has 0 unspecified atom stereocenters. The lowest BCUT2D eigenvalue weighted by Crippen LogP contribution is -2.31. The van der Waals surface area contributed by atoms with Gasteiger partial charge in [-0.3, -0.25) is 9.48 Å². The Balaban J connectivity index is 1.92. The molecule has 2 rings (SSSR count). The van der Waals surface area contributed by atoms with Crippen LogP contribution in [-0.4, -0.2) is 22.2 Å². The topological polar surface area (TPSA) is 72.9 Å². The number of amides is 1. The standard InChI is InChI=1S/C12H20N4O/c1-3-4-12(5-6-12)8-14-11(17)10-9(13)7-16(2)15-10/h7H,3-6,8,13H2,1-2H3,(H,14,17). The Morgan fingerprint density at radius 2 is 2.35 bits per heavy atom. The van der Waals surface area contributed by atoms with Gasteiger partial charge in [0, 0.05) is 19.8 Å². The number of hydrogen-bond acceptors (Lipinski definition) is 3. The van der Waals surface area contributed by atoms with Gasteiger partial charge in [-0.1, -0.05) is 13.3 Å². The molecule has 1 aliphatic carbocycles.